The van der Waals surface area contributed by atoms with Gasteiger partial charge in [-0.15, -0.1) is 0 Å². The van der Waals surface area contributed by atoms with Crippen molar-refractivity contribution in [3.05, 3.63) is 40.9 Å². The van der Waals surface area contributed by atoms with Gasteiger partial charge in [0.05, 0.1) is 37.2 Å². The van der Waals surface area contributed by atoms with Crippen molar-refractivity contribution in [1.82, 2.24) is 19.5 Å². The second kappa shape index (κ2) is 9.84. The number of anilines is 1. The molecule has 1 saturated heterocycles. The maximum absolute atomic E-state index is 13.2. The fraction of sp³-hybridized carbons (Fsp3) is 0.455. The first-order valence-corrected chi connectivity index (χ1v) is 10.5. The molecule has 0 unspecified atom stereocenters. The summed E-state index contributed by atoms with van der Waals surface area (Å²) in [6.45, 7) is 4.70. The zero-order chi connectivity index (χ0) is 21.6. The van der Waals surface area contributed by atoms with Crippen LogP contribution >= 0.6 is 0 Å². The fourth-order valence-electron chi connectivity index (χ4n) is 3.61. The third kappa shape index (κ3) is 4.83. The van der Waals surface area contributed by atoms with Gasteiger partial charge in [-0.25, -0.2) is 9.97 Å². The van der Waals surface area contributed by atoms with Gasteiger partial charge in [0.25, 0.3) is 5.56 Å². The first-order valence-electron chi connectivity index (χ1n) is 10.5. The zero-order valence-corrected chi connectivity index (χ0v) is 17.8. The van der Waals surface area contributed by atoms with Gasteiger partial charge in [-0.05, 0) is 31.9 Å². The molecule has 1 N–H and O–H groups in total. The van der Waals surface area contributed by atoms with Gasteiger partial charge in [0.15, 0.2) is 5.82 Å². The minimum Gasteiger partial charge on any atom is -0.481 e. The van der Waals surface area contributed by atoms with Crippen LogP contribution in [0, 0.1) is 0 Å². The Morgan fingerprint density at radius 3 is 2.90 bits per heavy atom. The average molecular weight is 425 g/mol. The van der Waals surface area contributed by atoms with E-state index in [4.69, 9.17) is 14.2 Å². The number of nitrogens with one attached hydrogen (secondary N) is 1. The SMILES string of the molecule is CCOCCn1c(=O)c(NC[C@@H]2CCCO2)nc2cnc(-c3ccc(OC)nc3)cc21. The molecule has 1 atom stereocenters. The van der Waals surface area contributed by atoms with E-state index in [1.165, 1.54) is 0 Å². The molecule has 0 bridgehead atoms. The summed E-state index contributed by atoms with van der Waals surface area (Å²) < 4.78 is 18.0. The number of fused-ring (bicyclic) bond motifs is 1. The van der Waals surface area contributed by atoms with Gasteiger partial charge in [0, 0.05) is 44.1 Å². The van der Waals surface area contributed by atoms with Gasteiger partial charge < -0.3 is 24.1 Å². The van der Waals surface area contributed by atoms with Crippen molar-refractivity contribution in [2.24, 2.45) is 0 Å². The highest BCUT2D eigenvalue weighted by molar-refractivity contribution is 5.80. The molecule has 0 radical (unpaired) electrons. The number of nitrogens with zero attached hydrogens (tertiary/aromatic N) is 4. The summed E-state index contributed by atoms with van der Waals surface area (Å²) in [4.78, 5) is 26.5. The quantitative estimate of drug-likeness (QED) is 0.522. The lowest BCUT2D eigenvalue weighted by Gasteiger charge is -2.15. The topological polar surface area (TPSA) is 100 Å². The van der Waals surface area contributed by atoms with Crippen molar-refractivity contribution in [3.63, 3.8) is 0 Å². The molecule has 164 valence electrons. The normalized spacial score (nSPS) is 16.0. The van der Waals surface area contributed by atoms with Crippen molar-refractivity contribution in [3.8, 4) is 17.1 Å². The highest BCUT2D eigenvalue weighted by Crippen LogP contribution is 2.22. The van der Waals surface area contributed by atoms with Crippen LogP contribution in [0.25, 0.3) is 22.3 Å². The Morgan fingerprint density at radius 1 is 1.29 bits per heavy atom. The first-order chi connectivity index (χ1) is 15.2. The number of aromatic nitrogens is 4. The summed E-state index contributed by atoms with van der Waals surface area (Å²) >= 11 is 0. The third-order valence-corrected chi connectivity index (χ3v) is 5.26. The lowest BCUT2D eigenvalue weighted by atomic mass is 10.2. The molecule has 9 nitrogen and oxygen atoms in total. The van der Waals surface area contributed by atoms with Gasteiger partial charge in [-0.2, -0.15) is 0 Å². The molecule has 3 aromatic heterocycles. The summed E-state index contributed by atoms with van der Waals surface area (Å²) in [5, 5.41) is 3.17. The van der Waals surface area contributed by atoms with Crippen LogP contribution in [0.2, 0.25) is 0 Å². The van der Waals surface area contributed by atoms with E-state index in [0.29, 0.717) is 54.7 Å². The van der Waals surface area contributed by atoms with Crippen molar-refractivity contribution in [2.75, 3.05) is 38.8 Å². The smallest absolute Gasteiger partial charge is 0.293 e. The van der Waals surface area contributed by atoms with Crippen LogP contribution in [0.1, 0.15) is 19.8 Å². The van der Waals surface area contributed by atoms with Crippen LogP contribution in [0.5, 0.6) is 5.88 Å². The van der Waals surface area contributed by atoms with E-state index in [1.54, 1.807) is 30.1 Å². The second-order valence-electron chi connectivity index (χ2n) is 7.28. The van der Waals surface area contributed by atoms with E-state index in [2.05, 4.69) is 20.3 Å². The summed E-state index contributed by atoms with van der Waals surface area (Å²) in [7, 11) is 1.57. The van der Waals surface area contributed by atoms with Crippen LogP contribution in [0.15, 0.2) is 35.4 Å². The molecule has 0 amide bonds. The molecular weight excluding hydrogens is 398 g/mol. The van der Waals surface area contributed by atoms with E-state index in [-0.39, 0.29) is 11.7 Å². The number of methoxy groups -OCH3 is 1. The zero-order valence-electron chi connectivity index (χ0n) is 17.8. The highest BCUT2D eigenvalue weighted by atomic mass is 16.5. The molecule has 0 aliphatic carbocycles. The summed E-state index contributed by atoms with van der Waals surface area (Å²) in [6.07, 6.45) is 5.52. The monoisotopic (exact) mass is 425 g/mol. The van der Waals surface area contributed by atoms with Crippen LogP contribution in [0.3, 0.4) is 0 Å². The number of ether oxygens (including phenoxy) is 3. The predicted octanol–water partition coefficient (Wildman–Crippen LogP) is 2.49. The van der Waals surface area contributed by atoms with Gasteiger partial charge in [-0.1, -0.05) is 0 Å². The van der Waals surface area contributed by atoms with Gasteiger partial charge in [-0.3, -0.25) is 9.78 Å². The Kier molecular flexibility index (Phi) is 6.73. The van der Waals surface area contributed by atoms with Crippen molar-refractivity contribution < 1.29 is 14.2 Å². The van der Waals surface area contributed by atoms with Crippen LogP contribution < -0.4 is 15.6 Å². The predicted molar refractivity (Wildman–Crippen MR) is 118 cm³/mol. The summed E-state index contributed by atoms with van der Waals surface area (Å²) in [6, 6.07) is 5.52. The third-order valence-electron chi connectivity index (χ3n) is 5.26. The minimum atomic E-state index is -0.185. The molecule has 0 saturated carbocycles. The molecule has 1 fully saturated rings. The van der Waals surface area contributed by atoms with E-state index in [0.717, 1.165) is 25.0 Å². The molecule has 31 heavy (non-hydrogen) atoms. The maximum atomic E-state index is 13.2. The molecule has 4 heterocycles. The largest absolute Gasteiger partial charge is 0.481 e. The number of hydrogen-bond acceptors (Lipinski definition) is 8. The Balaban J connectivity index is 1.70. The summed E-state index contributed by atoms with van der Waals surface area (Å²) in [5.41, 5.74) is 2.68. The summed E-state index contributed by atoms with van der Waals surface area (Å²) in [5.74, 6) is 0.835. The van der Waals surface area contributed by atoms with E-state index in [1.807, 2.05) is 19.1 Å². The molecular formula is C22H27N5O4. The van der Waals surface area contributed by atoms with Gasteiger partial charge in [0.1, 0.15) is 5.52 Å². The maximum Gasteiger partial charge on any atom is 0.293 e. The number of hydrogen-bond donors (Lipinski definition) is 1. The standard InChI is InChI=1S/C22H27N5O4/c1-3-30-10-8-27-19-11-17(15-6-7-20(29-2)24-12-15)23-14-18(19)26-21(22(27)28)25-13-16-5-4-9-31-16/h6-7,11-12,14,16H,3-5,8-10,13H2,1-2H3,(H,25,26)/t16-/m0/s1. The van der Waals surface area contributed by atoms with Crippen molar-refractivity contribution in [2.45, 2.75) is 32.4 Å². The Bertz CT molecular complexity index is 1080. The average Bonchev–Trinajstić information content (AvgIpc) is 3.33. The molecule has 3 aromatic rings. The number of pyridine rings is 2. The Hall–Kier alpha value is -3.04. The lowest BCUT2D eigenvalue weighted by molar-refractivity contribution is 0.120. The molecule has 1 aliphatic rings. The molecule has 0 spiro atoms. The number of rotatable bonds is 9. The van der Waals surface area contributed by atoms with Crippen molar-refractivity contribution >= 4 is 16.9 Å². The highest BCUT2D eigenvalue weighted by Gasteiger charge is 2.18. The van der Waals surface area contributed by atoms with Crippen molar-refractivity contribution in [1.29, 1.82) is 0 Å². The van der Waals surface area contributed by atoms with E-state index >= 15 is 0 Å². The Morgan fingerprint density at radius 2 is 2.19 bits per heavy atom. The van der Waals surface area contributed by atoms with E-state index in [9.17, 15) is 4.79 Å². The molecule has 4 rings (SSSR count). The fourth-order valence-corrected chi connectivity index (χ4v) is 3.61. The molecule has 0 aromatic carbocycles. The van der Waals surface area contributed by atoms with Crippen LogP contribution in [-0.4, -0.2) is 59.1 Å². The molecule has 1 aliphatic heterocycles. The van der Waals surface area contributed by atoms with Crippen LogP contribution in [-0.2, 0) is 16.0 Å². The van der Waals surface area contributed by atoms with E-state index < -0.39 is 0 Å². The first kappa shape index (κ1) is 21.2. The second-order valence-corrected chi connectivity index (χ2v) is 7.28. The molecule has 9 heteroatoms. The Labute approximate surface area is 180 Å². The lowest BCUT2D eigenvalue weighted by Crippen LogP contribution is -2.29. The van der Waals surface area contributed by atoms with Gasteiger partial charge >= 0.3 is 0 Å². The van der Waals surface area contributed by atoms with Gasteiger partial charge in [0.2, 0.25) is 5.88 Å². The van der Waals surface area contributed by atoms with Crippen LogP contribution in [0.4, 0.5) is 5.82 Å². The minimum absolute atomic E-state index is 0.108.